The topological polar surface area (TPSA) is 152 Å². The Balaban J connectivity index is 1.24. The van der Waals surface area contributed by atoms with Gasteiger partial charge in [-0.1, -0.05) is 29.3 Å². The van der Waals surface area contributed by atoms with Crippen molar-refractivity contribution in [1.82, 2.24) is 19.7 Å². The number of halogens is 2. The highest BCUT2D eigenvalue weighted by molar-refractivity contribution is 6.30. The first-order chi connectivity index (χ1) is 20.2. The molecule has 4 N–H and O–H groups in total. The molecule has 1 aliphatic carbocycles. The minimum Gasteiger partial charge on any atom is -0.364 e. The zero-order chi connectivity index (χ0) is 29.5. The van der Waals surface area contributed by atoms with Gasteiger partial charge in [0.05, 0.1) is 5.52 Å². The highest BCUT2D eigenvalue weighted by atomic mass is 35.5. The zero-order valence-electron chi connectivity index (χ0n) is 22.1. The first-order valence-electron chi connectivity index (χ1n) is 13.3. The van der Waals surface area contributed by atoms with Gasteiger partial charge in [0.25, 0.3) is 11.8 Å². The van der Waals surface area contributed by atoms with Crippen molar-refractivity contribution in [2.75, 3.05) is 10.6 Å². The Labute approximate surface area is 250 Å². The molecule has 42 heavy (non-hydrogen) atoms. The van der Waals surface area contributed by atoms with Crippen LogP contribution in [0.15, 0.2) is 60.7 Å². The number of nitrogens with two attached hydrogens (primary N) is 1. The number of carbonyl (C=O) groups excluding carboxylic acids is 4. The SMILES string of the molecule is NC(=O)c1nn(CC(=O)N2[C@@H]3CC[C@@H](C3)[C@H]2C(=O)Nc2cccc(Cl)n2)c2ccc(NC(=O)c3ccc(Cl)cc3)cc12. The van der Waals surface area contributed by atoms with Crippen molar-refractivity contribution >= 4 is 69.2 Å². The predicted molar refractivity (Wildman–Crippen MR) is 157 cm³/mol. The number of carbonyl (C=O) groups is 4. The first-order valence-corrected chi connectivity index (χ1v) is 14.1. The number of likely N-dealkylation sites (tertiary alicyclic amines) is 1. The number of primary amides is 1. The number of anilines is 2. The molecule has 2 aromatic carbocycles. The number of fused-ring (bicyclic) bond motifs is 3. The maximum Gasteiger partial charge on any atom is 0.269 e. The second-order valence-electron chi connectivity index (χ2n) is 10.4. The van der Waals surface area contributed by atoms with E-state index in [0.717, 1.165) is 19.3 Å². The Morgan fingerprint density at radius 2 is 1.76 bits per heavy atom. The summed E-state index contributed by atoms with van der Waals surface area (Å²) in [7, 11) is 0. The average molecular weight is 606 g/mol. The fraction of sp³-hybridized carbons (Fsp3) is 0.241. The van der Waals surface area contributed by atoms with Crippen LogP contribution in [-0.4, -0.2) is 55.4 Å². The fourth-order valence-corrected chi connectivity index (χ4v) is 6.23. The van der Waals surface area contributed by atoms with Gasteiger partial charge in [-0.25, -0.2) is 4.98 Å². The van der Waals surface area contributed by atoms with Crippen LogP contribution in [0.1, 0.15) is 40.1 Å². The van der Waals surface area contributed by atoms with E-state index in [9.17, 15) is 19.2 Å². The van der Waals surface area contributed by atoms with E-state index in [-0.39, 0.29) is 47.1 Å². The molecule has 3 heterocycles. The van der Waals surface area contributed by atoms with Crippen molar-refractivity contribution in [1.29, 1.82) is 0 Å². The summed E-state index contributed by atoms with van der Waals surface area (Å²) in [6, 6.07) is 15.5. The number of aromatic nitrogens is 3. The third kappa shape index (κ3) is 5.28. The highest BCUT2D eigenvalue weighted by Gasteiger charge is 2.51. The van der Waals surface area contributed by atoms with Gasteiger partial charge in [0.1, 0.15) is 23.6 Å². The highest BCUT2D eigenvalue weighted by Crippen LogP contribution is 2.43. The van der Waals surface area contributed by atoms with Gasteiger partial charge in [-0.2, -0.15) is 5.10 Å². The normalized spacial score (nSPS) is 19.2. The second kappa shape index (κ2) is 11.1. The van der Waals surface area contributed by atoms with Gasteiger partial charge in [-0.3, -0.25) is 23.9 Å². The number of hydrogen-bond donors (Lipinski definition) is 3. The van der Waals surface area contributed by atoms with E-state index in [0.29, 0.717) is 33.0 Å². The molecule has 1 saturated carbocycles. The summed E-state index contributed by atoms with van der Waals surface area (Å²) in [5.74, 6) is -1.43. The summed E-state index contributed by atoms with van der Waals surface area (Å²) in [5.41, 5.74) is 6.88. The molecule has 2 aromatic heterocycles. The Kier molecular flexibility index (Phi) is 7.29. The van der Waals surface area contributed by atoms with Gasteiger partial charge < -0.3 is 21.3 Å². The third-order valence-corrected chi connectivity index (χ3v) is 8.20. The lowest BCUT2D eigenvalue weighted by Crippen LogP contribution is -2.52. The van der Waals surface area contributed by atoms with Crippen molar-refractivity contribution in [3.05, 3.63) is 82.1 Å². The predicted octanol–water partition coefficient (Wildman–Crippen LogP) is 4.11. The number of hydrogen-bond acceptors (Lipinski definition) is 6. The van der Waals surface area contributed by atoms with Gasteiger partial charge >= 0.3 is 0 Å². The van der Waals surface area contributed by atoms with Crippen LogP contribution < -0.4 is 16.4 Å². The summed E-state index contributed by atoms with van der Waals surface area (Å²) in [5, 5.41) is 11.1. The van der Waals surface area contributed by atoms with Gasteiger partial charge in [0.2, 0.25) is 11.8 Å². The standard InChI is InChI=1S/C29H25Cl2N7O4/c30-17-7-4-15(5-8-17)28(41)33-18-9-11-21-20(13-18)25(27(32)40)36-37(21)14-24(39)38-19-10-6-16(12-19)26(38)29(42)35-23-3-1-2-22(31)34-23/h1-5,7-9,11,13,16,19,26H,6,10,12,14H2,(H2,32,40)(H,33,41)(H,34,35,42)/t16-,19+,26-/m0/s1. The Bertz CT molecular complexity index is 1740. The molecule has 6 rings (SSSR count). The lowest BCUT2D eigenvalue weighted by molar-refractivity contribution is -0.141. The summed E-state index contributed by atoms with van der Waals surface area (Å²) >= 11 is 11.9. The smallest absolute Gasteiger partial charge is 0.269 e. The molecule has 4 amide bonds. The van der Waals surface area contributed by atoms with Gasteiger partial charge in [0, 0.05) is 27.7 Å². The number of nitrogens with zero attached hydrogens (tertiary/aromatic N) is 4. The molecular formula is C29H25Cl2N7O4. The molecule has 214 valence electrons. The van der Waals surface area contributed by atoms with E-state index in [1.54, 1.807) is 65.6 Å². The number of pyridine rings is 1. The van der Waals surface area contributed by atoms with Gasteiger partial charge in [-0.15, -0.1) is 0 Å². The van der Waals surface area contributed by atoms with Crippen molar-refractivity contribution < 1.29 is 19.2 Å². The van der Waals surface area contributed by atoms with E-state index in [1.807, 2.05) is 0 Å². The van der Waals surface area contributed by atoms with E-state index in [1.165, 1.54) is 4.68 Å². The van der Waals surface area contributed by atoms with E-state index in [4.69, 9.17) is 28.9 Å². The third-order valence-electron chi connectivity index (χ3n) is 7.74. The average Bonchev–Trinajstić information content (AvgIpc) is 3.67. The minimum absolute atomic E-state index is 0.0282. The lowest BCUT2D eigenvalue weighted by atomic mass is 9.97. The minimum atomic E-state index is -0.779. The summed E-state index contributed by atoms with van der Waals surface area (Å²) in [6.07, 6.45) is 2.38. The van der Waals surface area contributed by atoms with Crippen LogP contribution in [0.5, 0.6) is 0 Å². The molecule has 0 radical (unpaired) electrons. The van der Waals surface area contributed by atoms with Crippen molar-refractivity contribution in [3.63, 3.8) is 0 Å². The van der Waals surface area contributed by atoms with Gasteiger partial charge in [0.15, 0.2) is 5.69 Å². The number of rotatable bonds is 7. The lowest BCUT2D eigenvalue weighted by Gasteiger charge is -2.34. The van der Waals surface area contributed by atoms with E-state index >= 15 is 0 Å². The summed E-state index contributed by atoms with van der Waals surface area (Å²) < 4.78 is 1.40. The van der Waals surface area contributed by atoms with E-state index in [2.05, 4.69) is 20.7 Å². The van der Waals surface area contributed by atoms with Crippen LogP contribution in [0.2, 0.25) is 10.2 Å². The number of benzene rings is 2. The summed E-state index contributed by atoms with van der Waals surface area (Å²) in [6.45, 7) is -0.206. The molecule has 3 atom stereocenters. The van der Waals surface area contributed by atoms with Crippen molar-refractivity contribution in [2.24, 2.45) is 11.7 Å². The first kappa shape index (κ1) is 27.7. The van der Waals surface area contributed by atoms with Crippen molar-refractivity contribution in [2.45, 2.75) is 37.9 Å². The number of piperidine rings is 1. The Morgan fingerprint density at radius 3 is 2.50 bits per heavy atom. The monoisotopic (exact) mass is 605 g/mol. The maximum absolute atomic E-state index is 13.7. The quantitative estimate of drug-likeness (QED) is 0.269. The van der Waals surface area contributed by atoms with Crippen LogP contribution >= 0.6 is 23.2 Å². The molecule has 0 spiro atoms. The molecule has 2 bridgehead atoms. The van der Waals surface area contributed by atoms with Crippen LogP contribution in [0.25, 0.3) is 10.9 Å². The van der Waals surface area contributed by atoms with E-state index < -0.39 is 11.9 Å². The fourth-order valence-electron chi connectivity index (χ4n) is 5.94. The molecule has 2 aliphatic rings. The molecule has 13 heteroatoms. The Hall–Kier alpha value is -4.48. The zero-order valence-corrected chi connectivity index (χ0v) is 23.6. The van der Waals surface area contributed by atoms with Crippen LogP contribution in [0.3, 0.4) is 0 Å². The number of amides is 4. The maximum atomic E-state index is 13.7. The molecule has 1 saturated heterocycles. The second-order valence-corrected chi connectivity index (χ2v) is 11.2. The molecule has 11 nitrogen and oxygen atoms in total. The Morgan fingerprint density at radius 1 is 0.976 bits per heavy atom. The van der Waals surface area contributed by atoms with Crippen LogP contribution in [0.4, 0.5) is 11.5 Å². The molecule has 4 aromatic rings. The van der Waals surface area contributed by atoms with Crippen LogP contribution in [-0.2, 0) is 16.1 Å². The summed E-state index contributed by atoms with van der Waals surface area (Å²) in [4.78, 5) is 57.8. The number of nitrogens with one attached hydrogen (secondary N) is 2. The molecule has 1 aliphatic heterocycles. The largest absolute Gasteiger partial charge is 0.364 e. The molecular weight excluding hydrogens is 581 g/mol. The van der Waals surface area contributed by atoms with Crippen LogP contribution in [0, 0.1) is 5.92 Å². The van der Waals surface area contributed by atoms with Crippen molar-refractivity contribution in [3.8, 4) is 0 Å². The molecule has 2 fully saturated rings. The molecule has 0 unspecified atom stereocenters. The van der Waals surface area contributed by atoms with Gasteiger partial charge in [-0.05, 0) is 79.8 Å².